The van der Waals surface area contributed by atoms with Gasteiger partial charge in [-0.15, -0.1) is 0 Å². The van der Waals surface area contributed by atoms with Gasteiger partial charge in [-0.3, -0.25) is 9.59 Å². The second-order valence-corrected chi connectivity index (χ2v) is 10.6. The van der Waals surface area contributed by atoms with Crippen LogP contribution in [0.4, 0.5) is 11.4 Å². The van der Waals surface area contributed by atoms with Crippen LogP contribution >= 0.6 is 0 Å². The topological polar surface area (TPSA) is 58.2 Å². The van der Waals surface area contributed by atoms with Gasteiger partial charge in [0, 0.05) is 22.5 Å². The monoisotopic (exact) mass is 442 g/mol. The standard InChI is InChI=1S/C29H34N2O2/c1-19-8-17-24(30-26(32)20-9-13-22(14-10-20)28(2,3)4)18-25(19)31-27(33)21-11-15-23(16-12-21)29(5,6)7/h8-18H,1-7H3,(H,30,32)(H,31,33). The maximum absolute atomic E-state index is 12.8. The first-order valence-electron chi connectivity index (χ1n) is 11.3. The zero-order valence-electron chi connectivity index (χ0n) is 20.7. The lowest BCUT2D eigenvalue weighted by molar-refractivity contribution is 0.101. The predicted molar refractivity (Wildman–Crippen MR) is 137 cm³/mol. The van der Waals surface area contributed by atoms with Crippen molar-refractivity contribution >= 4 is 23.2 Å². The lowest BCUT2D eigenvalue weighted by Gasteiger charge is -2.19. The number of amides is 2. The molecular weight excluding hydrogens is 408 g/mol. The Balaban J connectivity index is 1.72. The van der Waals surface area contributed by atoms with Crippen LogP contribution in [0.3, 0.4) is 0 Å². The molecule has 2 amide bonds. The molecule has 172 valence electrons. The van der Waals surface area contributed by atoms with Crippen molar-refractivity contribution in [1.29, 1.82) is 0 Å². The highest BCUT2D eigenvalue weighted by Gasteiger charge is 2.16. The molecule has 0 atom stereocenters. The molecule has 4 nitrogen and oxygen atoms in total. The quantitative estimate of drug-likeness (QED) is 0.453. The second kappa shape index (κ2) is 9.22. The number of nitrogens with one attached hydrogen (secondary N) is 2. The van der Waals surface area contributed by atoms with Crippen LogP contribution in [-0.4, -0.2) is 11.8 Å². The first-order valence-corrected chi connectivity index (χ1v) is 11.3. The van der Waals surface area contributed by atoms with Gasteiger partial charge in [0.15, 0.2) is 0 Å². The van der Waals surface area contributed by atoms with E-state index in [-0.39, 0.29) is 22.6 Å². The van der Waals surface area contributed by atoms with E-state index in [0.29, 0.717) is 22.5 Å². The lowest BCUT2D eigenvalue weighted by Crippen LogP contribution is -2.16. The Morgan fingerprint density at radius 2 is 1.03 bits per heavy atom. The van der Waals surface area contributed by atoms with Crippen LogP contribution in [-0.2, 0) is 10.8 Å². The normalized spacial score (nSPS) is 11.7. The van der Waals surface area contributed by atoms with Crippen molar-refractivity contribution < 1.29 is 9.59 Å². The summed E-state index contributed by atoms with van der Waals surface area (Å²) in [5.74, 6) is -0.367. The molecule has 3 rings (SSSR count). The smallest absolute Gasteiger partial charge is 0.255 e. The van der Waals surface area contributed by atoms with Crippen molar-refractivity contribution in [3.8, 4) is 0 Å². The summed E-state index contributed by atoms with van der Waals surface area (Å²) in [6.07, 6.45) is 0. The van der Waals surface area contributed by atoms with E-state index >= 15 is 0 Å². The van der Waals surface area contributed by atoms with Crippen LogP contribution in [0.15, 0.2) is 66.7 Å². The SMILES string of the molecule is Cc1ccc(NC(=O)c2ccc(C(C)(C)C)cc2)cc1NC(=O)c1ccc(C(C)(C)C)cc1. The molecule has 0 saturated heterocycles. The molecule has 0 bridgehead atoms. The molecular formula is C29H34N2O2. The molecule has 4 heteroatoms. The van der Waals surface area contributed by atoms with E-state index in [0.717, 1.165) is 5.56 Å². The fourth-order valence-electron chi connectivity index (χ4n) is 3.48. The summed E-state index contributed by atoms with van der Waals surface area (Å²) in [6.45, 7) is 14.8. The van der Waals surface area contributed by atoms with Crippen LogP contribution in [0, 0.1) is 6.92 Å². The number of rotatable bonds is 4. The van der Waals surface area contributed by atoms with Gasteiger partial charge in [0.2, 0.25) is 0 Å². The number of hydrogen-bond acceptors (Lipinski definition) is 2. The Morgan fingerprint density at radius 1 is 0.606 bits per heavy atom. The van der Waals surface area contributed by atoms with E-state index in [1.807, 2.05) is 67.6 Å². The van der Waals surface area contributed by atoms with Gasteiger partial charge >= 0.3 is 0 Å². The largest absolute Gasteiger partial charge is 0.322 e. The van der Waals surface area contributed by atoms with E-state index in [2.05, 4.69) is 52.2 Å². The second-order valence-electron chi connectivity index (χ2n) is 10.6. The number of carbonyl (C=O) groups excluding carboxylic acids is 2. The lowest BCUT2D eigenvalue weighted by atomic mass is 9.86. The maximum atomic E-state index is 12.8. The van der Waals surface area contributed by atoms with Crippen molar-refractivity contribution in [2.24, 2.45) is 0 Å². The molecule has 33 heavy (non-hydrogen) atoms. The first kappa shape index (κ1) is 24.2. The molecule has 3 aromatic carbocycles. The molecule has 0 heterocycles. The number of anilines is 2. The molecule has 3 aromatic rings. The maximum Gasteiger partial charge on any atom is 0.255 e. The average Bonchev–Trinajstić information content (AvgIpc) is 2.75. The van der Waals surface area contributed by atoms with Gasteiger partial charge in [-0.05, 0) is 70.8 Å². The van der Waals surface area contributed by atoms with Crippen LogP contribution in [0.25, 0.3) is 0 Å². The van der Waals surface area contributed by atoms with E-state index in [9.17, 15) is 9.59 Å². The fraction of sp³-hybridized carbons (Fsp3) is 0.310. The third-order valence-electron chi connectivity index (χ3n) is 5.77. The van der Waals surface area contributed by atoms with Crippen molar-refractivity contribution in [2.45, 2.75) is 59.3 Å². The van der Waals surface area contributed by atoms with E-state index < -0.39 is 0 Å². The van der Waals surface area contributed by atoms with E-state index in [1.54, 1.807) is 6.07 Å². The van der Waals surface area contributed by atoms with Crippen LogP contribution in [0.1, 0.15) is 78.9 Å². The minimum atomic E-state index is -0.186. The molecule has 0 unspecified atom stereocenters. The number of aryl methyl sites for hydroxylation is 1. The molecule has 0 aliphatic heterocycles. The first-order chi connectivity index (χ1) is 15.3. The van der Waals surface area contributed by atoms with Crippen molar-refractivity contribution in [3.05, 3.63) is 94.5 Å². The highest BCUT2D eigenvalue weighted by Crippen LogP contribution is 2.25. The van der Waals surface area contributed by atoms with Gasteiger partial charge in [0.1, 0.15) is 0 Å². The number of carbonyl (C=O) groups is 2. The van der Waals surface area contributed by atoms with E-state index in [4.69, 9.17) is 0 Å². The van der Waals surface area contributed by atoms with Gasteiger partial charge in [-0.2, -0.15) is 0 Å². The van der Waals surface area contributed by atoms with Gasteiger partial charge < -0.3 is 10.6 Å². The Bertz CT molecular complexity index is 1150. The molecule has 2 N–H and O–H groups in total. The third-order valence-corrected chi connectivity index (χ3v) is 5.77. The summed E-state index contributed by atoms with van der Waals surface area (Å²) in [6, 6.07) is 20.8. The summed E-state index contributed by atoms with van der Waals surface area (Å²) in [5, 5.41) is 5.90. The number of hydrogen-bond donors (Lipinski definition) is 2. The van der Waals surface area contributed by atoms with Crippen LogP contribution in [0.5, 0.6) is 0 Å². The third kappa shape index (κ3) is 6.10. The summed E-state index contributed by atoms with van der Waals surface area (Å²) in [7, 11) is 0. The van der Waals surface area contributed by atoms with Crippen molar-refractivity contribution in [3.63, 3.8) is 0 Å². The van der Waals surface area contributed by atoms with Gasteiger partial charge in [-0.1, -0.05) is 71.9 Å². The molecule has 0 radical (unpaired) electrons. The molecule has 0 aromatic heterocycles. The summed E-state index contributed by atoms with van der Waals surface area (Å²) >= 11 is 0. The molecule has 0 spiro atoms. The summed E-state index contributed by atoms with van der Waals surface area (Å²) in [4.78, 5) is 25.5. The zero-order valence-corrected chi connectivity index (χ0v) is 20.7. The number of benzene rings is 3. The molecule has 0 fully saturated rings. The minimum Gasteiger partial charge on any atom is -0.322 e. The Hall–Kier alpha value is -3.40. The Morgan fingerprint density at radius 3 is 1.45 bits per heavy atom. The Labute approximate surface area is 197 Å². The minimum absolute atomic E-state index is 0.0329. The highest BCUT2D eigenvalue weighted by molar-refractivity contribution is 6.06. The molecule has 0 aliphatic rings. The summed E-state index contributed by atoms with van der Waals surface area (Å²) in [5.41, 5.74) is 5.82. The van der Waals surface area contributed by atoms with Crippen molar-refractivity contribution in [2.75, 3.05) is 10.6 Å². The van der Waals surface area contributed by atoms with Crippen molar-refractivity contribution in [1.82, 2.24) is 0 Å². The van der Waals surface area contributed by atoms with Crippen LogP contribution < -0.4 is 10.6 Å². The zero-order chi connectivity index (χ0) is 24.4. The predicted octanol–water partition coefficient (Wildman–Crippen LogP) is 7.09. The van der Waals surface area contributed by atoms with Gasteiger partial charge in [0.25, 0.3) is 11.8 Å². The van der Waals surface area contributed by atoms with Crippen LogP contribution in [0.2, 0.25) is 0 Å². The molecule has 0 saturated carbocycles. The summed E-state index contributed by atoms with van der Waals surface area (Å²) < 4.78 is 0. The fourth-order valence-corrected chi connectivity index (χ4v) is 3.48. The average molecular weight is 443 g/mol. The van der Waals surface area contributed by atoms with Gasteiger partial charge in [-0.25, -0.2) is 0 Å². The highest BCUT2D eigenvalue weighted by atomic mass is 16.2. The molecule has 0 aliphatic carbocycles. The van der Waals surface area contributed by atoms with Gasteiger partial charge in [0.05, 0.1) is 0 Å². The van der Waals surface area contributed by atoms with E-state index in [1.165, 1.54) is 11.1 Å². The Kier molecular flexibility index (Phi) is 6.78.